The fourth-order valence-electron chi connectivity index (χ4n) is 2.90. The molecule has 6 nitrogen and oxygen atoms in total. The summed E-state index contributed by atoms with van der Waals surface area (Å²) in [6.07, 6.45) is 2.21. The molecule has 3 aromatic rings. The van der Waals surface area contributed by atoms with Crippen LogP contribution in [0.3, 0.4) is 0 Å². The van der Waals surface area contributed by atoms with Gasteiger partial charge in [-0.1, -0.05) is 60.7 Å². The number of anilines is 1. The van der Waals surface area contributed by atoms with Gasteiger partial charge in [0.2, 0.25) is 0 Å². The van der Waals surface area contributed by atoms with Gasteiger partial charge in [0.25, 0.3) is 11.8 Å². The lowest BCUT2D eigenvalue weighted by Crippen LogP contribution is -2.26. The summed E-state index contributed by atoms with van der Waals surface area (Å²) in [7, 11) is 0. The number of nitrogens with zero attached hydrogens (tertiary/aromatic N) is 1. The number of carbonyl (C=O) groups excluding carboxylic acids is 2. The van der Waals surface area contributed by atoms with Crippen LogP contribution in [0.1, 0.15) is 11.1 Å². The minimum Gasteiger partial charge on any atom is -0.484 e. The molecule has 2 amide bonds. The van der Waals surface area contributed by atoms with Crippen molar-refractivity contribution in [1.29, 1.82) is 5.26 Å². The zero-order valence-corrected chi connectivity index (χ0v) is 17.5. The monoisotopic (exact) mass is 425 g/mol. The maximum Gasteiger partial charge on any atom is 0.262 e. The Morgan fingerprint density at radius 1 is 0.906 bits per heavy atom. The molecular formula is C26H23N3O3. The Kier molecular flexibility index (Phi) is 8.18. The Morgan fingerprint density at radius 3 is 2.22 bits per heavy atom. The molecule has 0 aliphatic rings. The number of ether oxygens (including phenoxy) is 1. The van der Waals surface area contributed by atoms with E-state index in [9.17, 15) is 14.9 Å². The van der Waals surface area contributed by atoms with Gasteiger partial charge in [0.05, 0.1) is 0 Å². The van der Waals surface area contributed by atoms with Crippen LogP contribution in [-0.4, -0.2) is 25.0 Å². The maximum atomic E-state index is 12.3. The van der Waals surface area contributed by atoms with E-state index in [0.717, 1.165) is 5.56 Å². The number of para-hydroxylation sites is 1. The molecule has 0 bridgehead atoms. The molecule has 3 aromatic carbocycles. The normalized spacial score (nSPS) is 10.7. The predicted octanol–water partition coefficient (Wildman–Crippen LogP) is 3.97. The molecule has 0 atom stereocenters. The van der Waals surface area contributed by atoms with Gasteiger partial charge < -0.3 is 15.4 Å². The van der Waals surface area contributed by atoms with Crippen LogP contribution in [0, 0.1) is 11.3 Å². The number of amides is 2. The van der Waals surface area contributed by atoms with Crippen molar-refractivity contribution in [1.82, 2.24) is 5.32 Å². The van der Waals surface area contributed by atoms with Gasteiger partial charge in [-0.15, -0.1) is 0 Å². The Morgan fingerprint density at radius 2 is 1.56 bits per heavy atom. The smallest absolute Gasteiger partial charge is 0.262 e. The summed E-state index contributed by atoms with van der Waals surface area (Å²) in [4.78, 5) is 24.3. The highest BCUT2D eigenvalue weighted by atomic mass is 16.5. The SMILES string of the molecule is N#C/C(=C\c1ccc(OCC(=O)Nc2ccccc2)cc1)C(=O)NCCc1ccccc1. The molecule has 0 radical (unpaired) electrons. The van der Waals surface area contributed by atoms with E-state index in [0.29, 0.717) is 30.0 Å². The standard InChI is InChI=1S/C26H23N3O3/c27-18-22(26(31)28-16-15-20-7-3-1-4-8-20)17-21-11-13-24(14-12-21)32-19-25(30)29-23-9-5-2-6-10-23/h1-14,17H,15-16,19H2,(H,28,31)(H,29,30)/b22-17+. The lowest BCUT2D eigenvalue weighted by Gasteiger charge is -2.08. The van der Waals surface area contributed by atoms with Gasteiger partial charge in [0, 0.05) is 12.2 Å². The summed E-state index contributed by atoms with van der Waals surface area (Å²) in [6.45, 7) is 0.317. The molecule has 0 unspecified atom stereocenters. The molecule has 0 aromatic heterocycles. The van der Waals surface area contributed by atoms with E-state index in [-0.39, 0.29) is 18.1 Å². The molecule has 32 heavy (non-hydrogen) atoms. The summed E-state index contributed by atoms with van der Waals surface area (Å²) < 4.78 is 5.49. The van der Waals surface area contributed by atoms with Crippen LogP contribution in [0.5, 0.6) is 5.75 Å². The van der Waals surface area contributed by atoms with Crippen molar-refractivity contribution in [2.45, 2.75) is 6.42 Å². The average Bonchev–Trinajstić information content (AvgIpc) is 2.83. The minimum atomic E-state index is -0.415. The lowest BCUT2D eigenvalue weighted by atomic mass is 10.1. The van der Waals surface area contributed by atoms with Crippen LogP contribution in [0.15, 0.2) is 90.5 Å². The molecule has 0 spiro atoms. The van der Waals surface area contributed by atoms with Gasteiger partial charge >= 0.3 is 0 Å². The highest BCUT2D eigenvalue weighted by Gasteiger charge is 2.09. The zero-order chi connectivity index (χ0) is 22.6. The molecule has 3 rings (SSSR count). The van der Waals surface area contributed by atoms with E-state index in [1.165, 1.54) is 6.08 Å². The van der Waals surface area contributed by atoms with Gasteiger partial charge in [0.15, 0.2) is 6.61 Å². The van der Waals surface area contributed by atoms with Gasteiger partial charge in [-0.05, 0) is 47.9 Å². The minimum absolute atomic E-state index is 0.0222. The van der Waals surface area contributed by atoms with E-state index in [1.807, 2.05) is 54.6 Å². The Hall–Kier alpha value is -4.37. The summed E-state index contributed by atoms with van der Waals surface area (Å²) in [5.41, 5.74) is 2.52. The van der Waals surface area contributed by atoms with E-state index in [2.05, 4.69) is 10.6 Å². The molecule has 0 fully saturated rings. The largest absolute Gasteiger partial charge is 0.484 e. The summed E-state index contributed by atoms with van der Waals surface area (Å²) >= 11 is 0. The van der Waals surface area contributed by atoms with E-state index < -0.39 is 5.91 Å². The number of nitrogens with one attached hydrogen (secondary N) is 2. The first kappa shape index (κ1) is 22.3. The van der Waals surface area contributed by atoms with Crippen LogP contribution in [0.25, 0.3) is 6.08 Å². The molecule has 2 N–H and O–H groups in total. The van der Waals surface area contributed by atoms with Gasteiger partial charge in [0.1, 0.15) is 17.4 Å². The highest BCUT2D eigenvalue weighted by molar-refractivity contribution is 6.01. The molecule has 0 heterocycles. The summed E-state index contributed by atoms with van der Waals surface area (Å²) in [5.74, 6) is -0.170. The second kappa shape index (κ2) is 11.7. The molecule has 6 heteroatoms. The van der Waals surface area contributed by atoms with Crippen molar-refractivity contribution in [3.8, 4) is 11.8 Å². The Bertz CT molecular complexity index is 1100. The van der Waals surface area contributed by atoms with Crippen LogP contribution in [0.2, 0.25) is 0 Å². The first-order valence-electron chi connectivity index (χ1n) is 10.2. The Labute approximate surface area is 187 Å². The third kappa shape index (κ3) is 7.15. The van der Waals surface area contributed by atoms with E-state index in [4.69, 9.17) is 4.74 Å². The quantitative estimate of drug-likeness (QED) is 0.401. The van der Waals surface area contributed by atoms with Crippen LogP contribution >= 0.6 is 0 Å². The van der Waals surface area contributed by atoms with Crippen molar-refractivity contribution < 1.29 is 14.3 Å². The van der Waals surface area contributed by atoms with Crippen molar-refractivity contribution in [2.75, 3.05) is 18.5 Å². The predicted molar refractivity (Wildman–Crippen MR) is 124 cm³/mol. The Balaban J connectivity index is 1.49. The third-order valence-corrected chi connectivity index (χ3v) is 4.53. The third-order valence-electron chi connectivity index (χ3n) is 4.53. The fraction of sp³-hybridized carbons (Fsp3) is 0.115. The van der Waals surface area contributed by atoms with Gasteiger partial charge in [-0.2, -0.15) is 5.26 Å². The molecule has 160 valence electrons. The van der Waals surface area contributed by atoms with E-state index >= 15 is 0 Å². The maximum absolute atomic E-state index is 12.3. The first-order valence-corrected chi connectivity index (χ1v) is 10.2. The van der Waals surface area contributed by atoms with Crippen molar-refractivity contribution >= 4 is 23.6 Å². The van der Waals surface area contributed by atoms with Crippen molar-refractivity contribution in [3.63, 3.8) is 0 Å². The molecule has 0 aliphatic heterocycles. The second-order valence-electron chi connectivity index (χ2n) is 6.93. The van der Waals surface area contributed by atoms with Crippen LogP contribution in [0.4, 0.5) is 5.69 Å². The zero-order valence-electron chi connectivity index (χ0n) is 17.5. The summed E-state index contributed by atoms with van der Waals surface area (Å²) in [6, 6.07) is 27.7. The van der Waals surface area contributed by atoms with E-state index in [1.54, 1.807) is 36.4 Å². The van der Waals surface area contributed by atoms with Crippen LogP contribution in [-0.2, 0) is 16.0 Å². The molecular weight excluding hydrogens is 402 g/mol. The van der Waals surface area contributed by atoms with Crippen molar-refractivity contribution in [2.24, 2.45) is 0 Å². The summed E-state index contributed by atoms with van der Waals surface area (Å²) in [5, 5.41) is 14.9. The molecule has 0 aliphatic carbocycles. The first-order chi connectivity index (χ1) is 15.6. The fourth-order valence-corrected chi connectivity index (χ4v) is 2.90. The average molecular weight is 425 g/mol. The molecule has 0 saturated carbocycles. The lowest BCUT2D eigenvalue weighted by molar-refractivity contribution is -0.118. The molecule has 0 saturated heterocycles. The number of benzene rings is 3. The van der Waals surface area contributed by atoms with Gasteiger partial charge in [-0.3, -0.25) is 9.59 Å². The number of carbonyl (C=O) groups is 2. The number of hydrogen-bond acceptors (Lipinski definition) is 4. The topological polar surface area (TPSA) is 91.2 Å². The number of rotatable bonds is 9. The van der Waals surface area contributed by atoms with Gasteiger partial charge in [-0.25, -0.2) is 0 Å². The van der Waals surface area contributed by atoms with Crippen molar-refractivity contribution in [3.05, 3.63) is 102 Å². The highest BCUT2D eigenvalue weighted by Crippen LogP contribution is 2.15. The number of hydrogen-bond donors (Lipinski definition) is 2. The second-order valence-corrected chi connectivity index (χ2v) is 6.93. The number of nitriles is 1. The van der Waals surface area contributed by atoms with Crippen LogP contribution < -0.4 is 15.4 Å².